The Labute approximate surface area is 187 Å². The van der Waals surface area contributed by atoms with Gasteiger partial charge in [0.15, 0.2) is 0 Å². The number of benzene rings is 1. The largest absolute Gasteiger partial charge is 0.370 e. The number of nitrogens with zero attached hydrogens (tertiary/aromatic N) is 3. The first kappa shape index (κ1) is 21.7. The average molecular weight is 434 g/mol. The molecule has 1 unspecified atom stereocenters. The maximum Gasteiger partial charge on any atom is 0.268 e. The number of fused-ring (bicyclic) bond motifs is 1. The molecule has 32 heavy (non-hydrogen) atoms. The van der Waals surface area contributed by atoms with Crippen LogP contribution in [-0.2, 0) is 17.8 Å². The van der Waals surface area contributed by atoms with Crippen molar-refractivity contribution in [3.63, 3.8) is 0 Å². The molecule has 2 amide bonds. The van der Waals surface area contributed by atoms with Crippen molar-refractivity contribution >= 4 is 11.8 Å². The van der Waals surface area contributed by atoms with Crippen molar-refractivity contribution in [2.45, 2.75) is 45.5 Å². The van der Waals surface area contributed by atoms with Crippen molar-refractivity contribution in [3.05, 3.63) is 83.2 Å². The van der Waals surface area contributed by atoms with Crippen LogP contribution in [0.25, 0.3) is 0 Å². The van der Waals surface area contributed by atoms with Crippen molar-refractivity contribution in [1.82, 2.24) is 25.2 Å². The molecule has 0 aliphatic carbocycles. The van der Waals surface area contributed by atoms with Gasteiger partial charge >= 0.3 is 0 Å². The molecular weight excluding hydrogens is 406 g/mol. The van der Waals surface area contributed by atoms with Gasteiger partial charge in [-0.1, -0.05) is 37.3 Å². The molecule has 4 rings (SSSR count). The highest BCUT2D eigenvalue weighted by molar-refractivity contribution is 6.01. The number of rotatable bonds is 7. The van der Waals surface area contributed by atoms with Gasteiger partial charge in [-0.3, -0.25) is 19.6 Å². The van der Waals surface area contributed by atoms with E-state index in [-0.39, 0.29) is 30.5 Å². The Morgan fingerprint density at radius 2 is 2.03 bits per heavy atom. The number of hydrogen-bond acceptors (Lipinski definition) is 5. The van der Waals surface area contributed by atoms with Crippen molar-refractivity contribution < 1.29 is 14.3 Å². The zero-order valence-electron chi connectivity index (χ0n) is 18.2. The first-order chi connectivity index (χ1) is 15.6. The van der Waals surface area contributed by atoms with Gasteiger partial charge in [0, 0.05) is 18.9 Å². The van der Waals surface area contributed by atoms with Gasteiger partial charge in [0.2, 0.25) is 0 Å². The molecule has 0 saturated heterocycles. The second-order valence-electron chi connectivity index (χ2n) is 7.72. The summed E-state index contributed by atoms with van der Waals surface area (Å²) in [5.41, 5.74) is 3.34. The summed E-state index contributed by atoms with van der Waals surface area (Å²) < 4.78 is 7.67. The zero-order chi connectivity index (χ0) is 22.5. The van der Waals surface area contributed by atoms with Crippen molar-refractivity contribution in [2.24, 2.45) is 0 Å². The van der Waals surface area contributed by atoms with E-state index in [1.165, 1.54) is 0 Å². The Morgan fingerprint density at radius 3 is 2.75 bits per heavy atom. The number of nitrogens with one attached hydrogen (secondary N) is 2. The number of ether oxygens (including phenoxy) is 1. The van der Waals surface area contributed by atoms with Crippen LogP contribution in [0.3, 0.4) is 0 Å². The van der Waals surface area contributed by atoms with Gasteiger partial charge in [-0.2, -0.15) is 0 Å². The number of amides is 2. The molecule has 3 aromatic rings. The van der Waals surface area contributed by atoms with E-state index in [9.17, 15) is 9.59 Å². The van der Waals surface area contributed by atoms with Crippen LogP contribution >= 0.6 is 0 Å². The van der Waals surface area contributed by atoms with Crippen LogP contribution in [0.2, 0.25) is 0 Å². The van der Waals surface area contributed by atoms with Gasteiger partial charge < -0.3 is 19.9 Å². The standard InChI is InChI=1S/C24H27N5O3/c1-3-20(17-7-5-4-6-8-17)28-23(30)19-13-21(29-11-12-32-16(2)22(19)29)24(31)27-15-18-14-25-9-10-26-18/h4-10,13-14,16,20H,3,11-12,15H2,1-2H3,(H,27,31)(H,28,30)/t16?,20-/m1/s1. The lowest BCUT2D eigenvalue weighted by atomic mass is 10.0. The zero-order valence-corrected chi connectivity index (χ0v) is 18.2. The van der Waals surface area contributed by atoms with E-state index >= 15 is 0 Å². The topological polar surface area (TPSA) is 98.1 Å². The molecule has 0 saturated carbocycles. The molecule has 0 radical (unpaired) electrons. The van der Waals surface area contributed by atoms with E-state index in [0.29, 0.717) is 30.1 Å². The summed E-state index contributed by atoms with van der Waals surface area (Å²) in [7, 11) is 0. The minimum Gasteiger partial charge on any atom is -0.370 e. The summed E-state index contributed by atoms with van der Waals surface area (Å²) >= 11 is 0. The van der Waals surface area contributed by atoms with E-state index < -0.39 is 0 Å². The van der Waals surface area contributed by atoms with Gasteiger partial charge in [0.05, 0.1) is 48.4 Å². The van der Waals surface area contributed by atoms with E-state index in [2.05, 4.69) is 20.6 Å². The second-order valence-corrected chi connectivity index (χ2v) is 7.72. The molecule has 8 heteroatoms. The van der Waals surface area contributed by atoms with Crippen LogP contribution < -0.4 is 10.6 Å². The summed E-state index contributed by atoms with van der Waals surface area (Å²) in [6.45, 7) is 5.18. The minimum atomic E-state index is -0.289. The first-order valence-corrected chi connectivity index (χ1v) is 10.8. The average Bonchev–Trinajstić information content (AvgIpc) is 3.23. The van der Waals surface area contributed by atoms with Gasteiger partial charge in [-0.15, -0.1) is 0 Å². The van der Waals surface area contributed by atoms with Crippen molar-refractivity contribution in [1.29, 1.82) is 0 Å². The number of aromatic nitrogens is 3. The van der Waals surface area contributed by atoms with Gasteiger partial charge in [-0.05, 0) is 25.0 Å². The molecule has 0 bridgehead atoms. The lowest BCUT2D eigenvalue weighted by Crippen LogP contribution is -2.31. The first-order valence-electron chi connectivity index (χ1n) is 10.8. The highest BCUT2D eigenvalue weighted by atomic mass is 16.5. The molecule has 1 aliphatic heterocycles. The Kier molecular flexibility index (Phi) is 6.61. The molecule has 166 valence electrons. The summed E-state index contributed by atoms with van der Waals surface area (Å²) in [6.07, 6.45) is 5.24. The fourth-order valence-electron chi connectivity index (χ4n) is 4.04. The fraction of sp³-hybridized carbons (Fsp3) is 0.333. The monoisotopic (exact) mass is 433 g/mol. The molecule has 0 spiro atoms. The van der Waals surface area contributed by atoms with Gasteiger partial charge in [0.1, 0.15) is 5.69 Å². The quantitative estimate of drug-likeness (QED) is 0.596. The summed E-state index contributed by atoms with van der Waals surface area (Å²) in [5, 5.41) is 6.00. The highest BCUT2D eigenvalue weighted by Crippen LogP contribution is 2.30. The Morgan fingerprint density at radius 1 is 1.22 bits per heavy atom. The lowest BCUT2D eigenvalue weighted by Gasteiger charge is -2.25. The Balaban J connectivity index is 1.59. The van der Waals surface area contributed by atoms with E-state index in [0.717, 1.165) is 17.7 Å². The summed E-state index contributed by atoms with van der Waals surface area (Å²) in [4.78, 5) is 34.5. The molecular formula is C24H27N5O3. The smallest absolute Gasteiger partial charge is 0.268 e. The normalized spacial score (nSPS) is 16.1. The SMILES string of the molecule is CC[C@@H](NC(=O)c1cc(C(=O)NCc2cnccn2)n2c1C(C)OCC2)c1ccccc1. The van der Waals surface area contributed by atoms with E-state index in [1.54, 1.807) is 24.7 Å². The predicted octanol–water partition coefficient (Wildman–Crippen LogP) is 3.18. The molecule has 1 aromatic carbocycles. The molecule has 0 fully saturated rings. The van der Waals surface area contributed by atoms with Crippen molar-refractivity contribution in [3.8, 4) is 0 Å². The van der Waals surface area contributed by atoms with Gasteiger partial charge in [0.25, 0.3) is 11.8 Å². The third-order valence-corrected chi connectivity index (χ3v) is 5.65. The predicted molar refractivity (Wildman–Crippen MR) is 119 cm³/mol. The number of carbonyl (C=O) groups excluding carboxylic acids is 2. The van der Waals surface area contributed by atoms with Crippen LogP contribution in [0.15, 0.2) is 55.0 Å². The molecule has 3 heterocycles. The third-order valence-electron chi connectivity index (χ3n) is 5.65. The van der Waals surface area contributed by atoms with E-state index in [4.69, 9.17) is 4.74 Å². The Hall–Kier alpha value is -3.52. The summed E-state index contributed by atoms with van der Waals surface area (Å²) in [5.74, 6) is -0.477. The molecule has 2 aromatic heterocycles. The summed E-state index contributed by atoms with van der Waals surface area (Å²) in [6, 6.07) is 11.4. The van der Waals surface area contributed by atoms with Crippen LogP contribution in [0, 0.1) is 0 Å². The van der Waals surface area contributed by atoms with Crippen molar-refractivity contribution in [2.75, 3.05) is 6.61 Å². The maximum absolute atomic E-state index is 13.3. The van der Waals surface area contributed by atoms with Gasteiger partial charge in [-0.25, -0.2) is 0 Å². The van der Waals surface area contributed by atoms with Crippen LogP contribution in [0.1, 0.15) is 70.2 Å². The number of hydrogen-bond donors (Lipinski definition) is 2. The van der Waals surface area contributed by atoms with Crippen LogP contribution in [0.5, 0.6) is 0 Å². The van der Waals surface area contributed by atoms with Crippen LogP contribution in [-0.4, -0.2) is 33.0 Å². The third kappa shape index (κ3) is 4.55. The second kappa shape index (κ2) is 9.74. The molecule has 2 N–H and O–H groups in total. The fourth-order valence-corrected chi connectivity index (χ4v) is 4.04. The molecule has 1 aliphatic rings. The molecule has 2 atom stereocenters. The minimum absolute atomic E-state index is 0.118. The highest BCUT2D eigenvalue weighted by Gasteiger charge is 2.30. The number of carbonyl (C=O) groups is 2. The molecule has 8 nitrogen and oxygen atoms in total. The van der Waals surface area contributed by atoms with E-state index in [1.807, 2.05) is 48.7 Å². The maximum atomic E-state index is 13.3. The van der Waals surface area contributed by atoms with Crippen LogP contribution in [0.4, 0.5) is 0 Å². The lowest BCUT2D eigenvalue weighted by molar-refractivity contribution is 0.0310. The Bertz CT molecular complexity index is 1080.